The summed E-state index contributed by atoms with van der Waals surface area (Å²) in [5.41, 5.74) is 3.27. The molecule has 0 unspecified atom stereocenters. The first-order valence-corrected chi connectivity index (χ1v) is 10.4. The third-order valence-corrected chi connectivity index (χ3v) is 5.95. The number of likely N-dealkylation sites (N-methyl/N-ethyl adjacent to an activating group) is 1. The molecule has 1 atom stereocenters. The van der Waals surface area contributed by atoms with Gasteiger partial charge in [0.25, 0.3) is 5.91 Å². The molecule has 0 saturated carbocycles. The minimum atomic E-state index is -0.0795. The number of carbonyl (C=O) groups is 1. The van der Waals surface area contributed by atoms with Crippen LogP contribution >= 0.6 is 11.3 Å². The summed E-state index contributed by atoms with van der Waals surface area (Å²) in [6, 6.07) is 23.9. The van der Waals surface area contributed by atoms with Crippen LogP contribution < -0.4 is 5.32 Å². The first-order chi connectivity index (χ1) is 14.1. The fourth-order valence-electron chi connectivity index (χ4n) is 3.42. The van der Waals surface area contributed by atoms with E-state index in [2.05, 4.69) is 21.7 Å². The molecule has 1 N–H and O–H groups in total. The third kappa shape index (κ3) is 4.21. The van der Waals surface area contributed by atoms with E-state index in [0.29, 0.717) is 12.1 Å². The van der Waals surface area contributed by atoms with E-state index >= 15 is 0 Å². The van der Waals surface area contributed by atoms with E-state index in [0.717, 1.165) is 22.2 Å². The predicted octanol–water partition coefficient (Wildman–Crippen LogP) is 5.00. The molecule has 0 aliphatic carbocycles. The van der Waals surface area contributed by atoms with Crippen molar-refractivity contribution in [3.8, 4) is 11.3 Å². The van der Waals surface area contributed by atoms with E-state index in [1.165, 1.54) is 4.88 Å². The van der Waals surface area contributed by atoms with Crippen LogP contribution in [0.1, 0.15) is 21.3 Å². The van der Waals surface area contributed by atoms with Crippen molar-refractivity contribution in [2.75, 3.05) is 20.6 Å². The van der Waals surface area contributed by atoms with Gasteiger partial charge in [0, 0.05) is 22.4 Å². The highest BCUT2D eigenvalue weighted by molar-refractivity contribution is 7.10. The molecule has 0 spiro atoms. The number of carbonyl (C=O) groups excluding carboxylic acids is 1. The monoisotopic (exact) mass is 401 g/mol. The van der Waals surface area contributed by atoms with Crippen molar-refractivity contribution in [2.45, 2.75) is 6.04 Å². The number of thiophene rings is 1. The lowest BCUT2D eigenvalue weighted by atomic mass is 10.0. The van der Waals surface area contributed by atoms with Gasteiger partial charge in [0.2, 0.25) is 0 Å². The molecule has 2 heterocycles. The van der Waals surface area contributed by atoms with Crippen LogP contribution in [0.2, 0.25) is 0 Å². The van der Waals surface area contributed by atoms with Crippen molar-refractivity contribution in [3.05, 3.63) is 88.6 Å². The van der Waals surface area contributed by atoms with Crippen molar-refractivity contribution in [2.24, 2.45) is 0 Å². The topological polar surface area (TPSA) is 45.2 Å². The number of nitrogens with one attached hydrogen (secondary N) is 1. The Kier molecular flexibility index (Phi) is 5.69. The average molecular weight is 402 g/mol. The lowest BCUT2D eigenvalue weighted by Gasteiger charge is -2.23. The van der Waals surface area contributed by atoms with Crippen molar-refractivity contribution in [3.63, 3.8) is 0 Å². The van der Waals surface area contributed by atoms with Crippen LogP contribution in [0.4, 0.5) is 0 Å². The summed E-state index contributed by atoms with van der Waals surface area (Å²) >= 11 is 1.71. The molecule has 1 amide bonds. The Morgan fingerprint density at radius 1 is 1.03 bits per heavy atom. The van der Waals surface area contributed by atoms with Gasteiger partial charge in [0.15, 0.2) is 0 Å². The number of aromatic nitrogens is 1. The fourth-order valence-corrected chi connectivity index (χ4v) is 4.35. The fraction of sp³-hybridized carbons (Fsp3) is 0.167. The molecule has 4 aromatic rings. The van der Waals surface area contributed by atoms with Gasteiger partial charge in [-0.1, -0.05) is 54.6 Å². The van der Waals surface area contributed by atoms with E-state index in [-0.39, 0.29) is 11.9 Å². The standard InChI is InChI=1S/C24H23N3OS/c1-27(2)22(23-13-8-14-29-23)16-25-24(28)19-15-21(17-9-4-3-5-10-17)26-20-12-7-6-11-18(19)20/h3-15,22H,16H2,1-2H3,(H,25,28)/t22-/m1/s1. The number of pyridine rings is 1. The summed E-state index contributed by atoms with van der Waals surface area (Å²) < 4.78 is 0. The van der Waals surface area contributed by atoms with E-state index in [4.69, 9.17) is 4.98 Å². The number of rotatable bonds is 6. The van der Waals surface area contributed by atoms with Gasteiger partial charge in [0.05, 0.1) is 22.8 Å². The minimum Gasteiger partial charge on any atom is -0.350 e. The normalized spacial score (nSPS) is 12.2. The maximum Gasteiger partial charge on any atom is 0.252 e. The lowest BCUT2D eigenvalue weighted by molar-refractivity contribution is 0.0944. The van der Waals surface area contributed by atoms with Crippen LogP contribution in [0.5, 0.6) is 0 Å². The highest BCUT2D eigenvalue weighted by Crippen LogP contribution is 2.26. The number of amides is 1. The zero-order valence-corrected chi connectivity index (χ0v) is 17.3. The quantitative estimate of drug-likeness (QED) is 0.495. The lowest BCUT2D eigenvalue weighted by Crippen LogP contribution is -2.34. The summed E-state index contributed by atoms with van der Waals surface area (Å²) in [6.45, 7) is 0.545. The number of para-hydroxylation sites is 1. The van der Waals surface area contributed by atoms with Crippen molar-refractivity contribution >= 4 is 28.1 Å². The van der Waals surface area contributed by atoms with Gasteiger partial charge in [-0.3, -0.25) is 4.79 Å². The minimum absolute atomic E-state index is 0.0795. The first-order valence-electron chi connectivity index (χ1n) is 9.56. The van der Waals surface area contributed by atoms with Crippen LogP contribution in [0.25, 0.3) is 22.2 Å². The summed E-state index contributed by atoms with van der Waals surface area (Å²) in [5.74, 6) is -0.0795. The molecule has 2 aromatic carbocycles. The summed E-state index contributed by atoms with van der Waals surface area (Å²) in [6.07, 6.45) is 0. The Labute approximate surface area is 174 Å². The van der Waals surface area contributed by atoms with E-state index < -0.39 is 0 Å². The Morgan fingerprint density at radius 3 is 2.52 bits per heavy atom. The number of benzene rings is 2. The largest absolute Gasteiger partial charge is 0.350 e. The maximum atomic E-state index is 13.2. The van der Waals surface area contributed by atoms with Crippen LogP contribution in [0.3, 0.4) is 0 Å². The number of nitrogens with zero attached hydrogens (tertiary/aromatic N) is 2. The highest BCUT2D eigenvalue weighted by atomic mass is 32.1. The molecule has 146 valence electrons. The van der Waals surface area contributed by atoms with Crippen LogP contribution in [-0.4, -0.2) is 36.4 Å². The summed E-state index contributed by atoms with van der Waals surface area (Å²) in [7, 11) is 4.07. The SMILES string of the molecule is CN(C)[C@H](CNC(=O)c1cc(-c2ccccc2)nc2ccccc12)c1cccs1. The number of fused-ring (bicyclic) bond motifs is 1. The Hall–Kier alpha value is -3.02. The van der Waals surface area contributed by atoms with Gasteiger partial charge in [-0.2, -0.15) is 0 Å². The Balaban J connectivity index is 1.66. The second kappa shape index (κ2) is 8.55. The molecule has 0 bridgehead atoms. The zero-order valence-electron chi connectivity index (χ0n) is 16.5. The van der Waals surface area contributed by atoms with Gasteiger partial charge in [-0.05, 0) is 37.7 Å². The van der Waals surface area contributed by atoms with Crippen molar-refractivity contribution in [1.82, 2.24) is 15.2 Å². The van der Waals surface area contributed by atoms with Crippen LogP contribution in [0.15, 0.2) is 78.2 Å². The Bertz CT molecular complexity index is 1110. The summed E-state index contributed by atoms with van der Waals surface area (Å²) in [5, 5.41) is 6.07. The van der Waals surface area contributed by atoms with Crippen LogP contribution in [-0.2, 0) is 0 Å². The van der Waals surface area contributed by atoms with Gasteiger partial charge >= 0.3 is 0 Å². The Morgan fingerprint density at radius 2 is 1.79 bits per heavy atom. The second-order valence-electron chi connectivity index (χ2n) is 7.14. The highest BCUT2D eigenvalue weighted by Gasteiger charge is 2.19. The molecular formula is C24H23N3OS. The molecule has 2 aromatic heterocycles. The number of hydrogen-bond donors (Lipinski definition) is 1. The number of hydrogen-bond acceptors (Lipinski definition) is 4. The van der Waals surface area contributed by atoms with Crippen molar-refractivity contribution < 1.29 is 4.79 Å². The first kappa shape index (κ1) is 19.3. The third-order valence-electron chi connectivity index (χ3n) is 4.98. The van der Waals surface area contributed by atoms with Gasteiger partial charge in [-0.15, -0.1) is 11.3 Å². The zero-order chi connectivity index (χ0) is 20.2. The average Bonchev–Trinajstić information content (AvgIpc) is 3.28. The maximum absolute atomic E-state index is 13.2. The van der Waals surface area contributed by atoms with Gasteiger partial charge in [0.1, 0.15) is 0 Å². The molecule has 0 aliphatic heterocycles. The smallest absolute Gasteiger partial charge is 0.252 e. The molecule has 4 nitrogen and oxygen atoms in total. The summed E-state index contributed by atoms with van der Waals surface area (Å²) in [4.78, 5) is 21.3. The molecule has 29 heavy (non-hydrogen) atoms. The molecule has 0 saturated heterocycles. The molecule has 4 rings (SSSR count). The molecule has 0 fully saturated rings. The van der Waals surface area contributed by atoms with E-state index in [9.17, 15) is 4.79 Å². The van der Waals surface area contributed by atoms with Gasteiger partial charge < -0.3 is 10.2 Å². The van der Waals surface area contributed by atoms with Crippen molar-refractivity contribution in [1.29, 1.82) is 0 Å². The van der Waals surface area contributed by atoms with Gasteiger partial charge in [-0.25, -0.2) is 4.98 Å². The second-order valence-corrected chi connectivity index (χ2v) is 8.12. The molecule has 5 heteroatoms. The van der Waals surface area contributed by atoms with Crippen LogP contribution in [0, 0.1) is 0 Å². The predicted molar refractivity (Wildman–Crippen MR) is 120 cm³/mol. The molecule has 0 radical (unpaired) electrons. The van der Waals surface area contributed by atoms with E-state index in [1.807, 2.05) is 80.8 Å². The molecular weight excluding hydrogens is 378 g/mol. The van der Waals surface area contributed by atoms with E-state index in [1.54, 1.807) is 11.3 Å². The molecule has 0 aliphatic rings.